The molecule has 3 saturated carbocycles. The van der Waals surface area contributed by atoms with E-state index in [0.29, 0.717) is 35.2 Å². The molecule has 182 valence electrons. The quantitative estimate of drug-likeness (QED) is 0.430. The van der Waals surface area contributed by atoms with E-state index in [1.807, 2.05) is 19.9 Å². The number of allylic oxidation sites excluding steroid dienone is 4. The van der Waals surface area contributed by atoms with E-state index in [9.17, 15) is 19.0 Å². The van der Waals surface area contributed by atoms with Crippen molar-refractivity contribution in [3.63, 3.8) is 0 Å². The Kier molecular flexibility index (Phi) is 8.08. The Bertz CT molecular complexity index is 732. The lowest BCUT2D eigenvalue weighted by atomic mass is 9.60. The summed E-state index contributed by atoms with van der Waals surface area (Å²) in [6, 6.07) is 0. The molecular weight excluding hydrogens is 406 g/mol. The zero-order chi connectivity index (χ0) is 23.7. The summed E-state index contributed by atoms with van der Waals surface area (Å²) < 4.78 is 26.8. The third-order valence-corrected chi connectivity index (χ3v) is 8.82. The zero-order valence-corrected chi connectivity index (χ0v) is 20.5. The molecule has 0 amide bonds. The third-order valence-electron chi connectivity index (χ3n) is 8.82. The van der Waals surface area contributed by atoms with Gasteiger partial charge in [0.05, 0.1) is 11.7 Å². The van der Waals surface area contributed by atoms with Crippen molar-refractivity contribution in [1.29, 1.82) is 0 Å². The van der Waals surface area contributed by atoms with E-state index in [0.717, 1.165) is 31.3 Å². The molecule has 3 aliphatic carbocycles. The van der Waals surface area contributed by atoms with Crippen LogP contribution >= 0.6 is 0 Å². The minimum Gasteiger partial charge on any atom is -0.393 e. The highest BCUT2D eigenvalue weighted by molar-refractivity contribution is 5.38. The van der Waals surface area contributed by atoms with Crippen molar-refractivity contribution < 1.29 is 19.0 Å². The zero-order valence-electron chi connectivity index (χ0n) is 20.5. The molecule has 0 aromatic heterocycles. The standard InChI is InChI=1S/C28H44F2O2/c1-18(8-6-14-27(3,4)32)24-12-13-25-20(9-7-15-28(24,25)5)10-11-21-16-22(31)17-23(19(21)2)26(29)30/h10-11,18,22-26,31-32H,2,6-9,12-17H2,1,3-5H3/b20-10+,21-11-/t18-,22-,23+,24-,25+,28-/m1/s1. The van der Waals surface area contributed by atoms with Crippen molar-refractivity contribution in [3.05, 3.63) is 35.5 Å². The van der Waals surface area contributed by atoms with Crippen LogP contribution in [0.25, 0.3) is 0 Å². The number of rotatable bonds is 7. The van der Waals surface area contributed by atoms with Gasteiger partial charge in [-0.25, -0.2) is 8.78 Å². The number of fused-ring (bicyclic) bond motifs is 1. The first-order valence-electron chi connectivity index (χ1n) is 12.7. The van der Waals surface area contributed by atoms with Crippen LogP contribution in [-0.2, 0) is 0 Å². The first-order valence-corrected chi connectivity index (χ1v) is 12.7. The molecule has 3 aliphatic rings. The fourth-order valence-corrected chi connectivity index (χ4v) is 7.05. The van der Waals surface area contributed by atoms with E-state index in [2.05, 4.69) is 26.5 Å². The predicted octanol–water partition coefficient (Wildman–Crippen LogP) is 7.23. The number of hydrogen-bond donors (Lipinski definition) is 2. The molecule has 0 saturated heterocycles. The molecule has 0 unspecified atom stereocenters. The topological polar surface area (TPSA) is 40.5 Å². The Hall–Kier alpha value is -1.00. The molecule has 2 nitrogen and oxygen atoms in total. The summed E-state index contributed by atoms with van der Waals surface area (Å²) in [5.41, 5.74) is 2.47. The number of halogens is 2. The summed E-state index contributed by atoms with van der Waals surface area (Å²) in [7, 11) is 0. The van der Waals surface area contributed by atoms with Crippen LogP contribution in [0.4, 0.5) is 8.78 Å². The number of hydrogen-bond acceptors (Lipinski definition) is 2. The van der Waals surface area contributed by atoms with Crippen molar-refractivity contribution in [3.8, 4) is 0 Å². The first-order chi connectivity index (χ1) is 14.9. The van der Waals surface area contributed by atoms with Gasteiger partial charge in [-0.3, -0.25) is 0 Å². The van der Waals surface area contributed by atoms with Crippen LogP contribution in [0, 0.1) is 29.1 Å². The molecule has 3 rings (SSSR count). The van der Waals surface area contributed by atoms with Crippen LogP contribution in [0.2, 0.25) is 0 Å². The summed E-state index contributed by atoms with van der Waals surface area (Å²) >= 11 is 0. The number of aliphatic hydroxyl groups is 2. The number of alkyl halides is 2. The van der Waals surface area contributed by atoms with E-state index >= 15 is 0 Å². The molecule has 0 aromatic carbocycles. The van der Waals surface area contributed by atoms with Gasteiger partial charge in [0.25, 0.3) is 0 Å². The number of aliphatic hydroxyl groups excluding tert-OH is 1. The van der Waals surface area contributed by atoms with Gasteiger partial charge in [0, 0.05) is 5.92 Å². The van der Waals surface area contributed by atoms with Gasteiger partial charge in [0.2, 0.25) is 6.43 Å². The smallest absolute Gasteiger partial charge is 0.245 e. The molecule has 32 heavy (non-hydrogen) atoms. The second-order valence-electron chi connectivity index (χ2n) is 11.8. The van der Waals surface area contributed by atoms with Crippen LogP contribution in [0.15, 0.2) is 35.5 Å². The summed E-state index contributed by atoms with van der Waals surface area (Å²) in [5, 5.41) is 20.2. The largest absolute Gasteiger partial charge is 0.393 e. The van der Waals surface area contributed by atoms with E-state index < -0.39 is 24.0 Å². The van der Waals surface area contributed by atoms with Crippen molar-refractivity contribution in [2.24, 2.45) is 29.1 Å². The molecule has 0 spiro atoms. The van der Waals surface area contributed by atoms with Gasteiger partial charge >= 0.3 is 0 Å². The van der Waals surface area contributed by atoms with Gasteiger partial charge in [0.15, 0.2) is 0 Å². The van der Waals surface area contributed by atoms with Crippen molar-refractivity contribution >= 4 is 0 Å². The molecule has 0 heterocycles. The Balaban J connectivity index is 1.72. The monoisotopic (exact) mass is 450 g/mol. The predicted molar refractivity (Wildman–Crippen MR) is 128 cm³/mol. The van der Waals surface area contributed by atoms with E-state index in [4.69, 9.17) is 0 Å². The van der Waals surface area contributed by atoms with Crippen LogP contribution < -0.4 is 0 Å². The Labute approximate surface area is 193 Å². The molecule has 0 radical (unpaired) electrons. The highest BCUT2D eigenvalue weighted by atomic mass is 19.3. The maximum Gasteiger partial charge on any atom is 0.245 e. The van der Waals surface area contributed by atoms with Gasteiger partial charge in [-0.2, -0.15) is 0 Å². The van der Waals surface area contributed by atoms with Crippen LogP contribution in [-0.4, -0.2) is 28.3 Å². The molecule has 2 N–H and O–H groups in total. The summed E-state index contributed by atoms with van der Waals surface area (Å²) in [5.74, 6) is 0.966. The second kappa shape index (κ2) is 10.1. The Morgan fingerprint density at radius 1 is 1.25 bits per heavy atom. The highest BCUT2D eigenvalue weighted by Crippen LogP contribution is 2.60. The first kappa shape index (κ1) is 25.6. The van der Waals surface area contributed by atoms with Gasteiger partial charge in [-0.1, -0.05) is 51.0 Å². The minimum absolute atomic E-state index is 0.109. The van der Waals surface area contributed by atoms with E-state index in [1.165, 1.54) is 31.3 Å². The molecule has 6 atom stereocenters. The molecule has 0 aromatic rings. The molecule has 4 heteroatoms. The lowest BCUT2D eigenvalue weighted by molar-refractivity contribution is 0.0471. The third kappa shape index (κ3) is 5.73. The molecular formula is C28H44F2O2. The maximum atomic E-state index is 13.4. The SMILES string of the molecule is C=C1/C(=C\C=C2/CCC[C@]3(C)[C@@H]([C@H](C)CCCC(C)(C)O)CC[C@@H]23)C[C@@H](O)C[C@@H]1C(F)F. The summed E-state index contributed by atoms with van der Waals surface area (Å²) in [6.07, 6.45) is 10.6. The maximum absolute atomic E-state index is 13.4. The van der Waals surface area contributed by atoms with E-state index in [1.54, 1.807) is 0 Å². The van der Waals surface area contributed by atoms with E-state index in [-0.39, 0.29) is 6.42 Å². The molecule has 0 aliphatic heterocycles. The Morgan fingerprint density at radius 2 is 1.97 bits per heavy atom. The van der Waals surface area contributed by atoms with Crippen LogP contribution in [0.1, 0.15) is 91.9 Å². The van der Waals surface area contributed by atoms with Gasteiger partial charge in [-0.15, -0.1) is 0 Å². The van der Waals surface area contributed by atoms with Crippen molar-refractivity contribution in [1.82, 2.24) is 0 Å². The van der Waals surface area contributed by atoms with Crippen LogP contribution in [0.5, 0.6) is 0 Å². The average Bonchev–Trinajstić information content (AvgIpc) is 3.04. The lowest BCUT2D eigenvalue weighted by Gasteiger charge is -2.44. The average molecular weight is 451 g/mol. The van der Waals surface area contributed by atoms with Crippen molar-refractivity contribution in [2.75, 3.05) is 0 Å². The normalized spacial score (nSPS) is 37.3. The van der Waals surface area contributed by atoms with Gasteiger partial charge in [0.1, 0.15) is 0 Å². The van der Waals surface area contributed by atoms with Gasteiger partial charge < -0.3 is 10.2 Å². The molecule has 3 fully saturated rings. The Morgan fingerprint density at radius 3 is 2.62 bits per heavy atom. The second-order valence-corrected chi connectivity index (χ2v) is 11.8. The minimum atomic E-state index is -2.47. The summed E-state index contributed by atoms with van der Waals surface area (Å²) in [4.78, 5) is 0. The lowest BCUT2D eigenvalue weighted by Crippen LogP contribution is -2.36. The fraction of sp³-hybridized carbons (Fsp3) is 0.786. The fourth-order valence-electron chi connectivity index (χ4n) is 7.05. The van der Waals surface area contributed by atoms with Gasteiger partial charge in [-0.05, 0) is 99.5 Å². The highest BCUT2D eigenvalue weighted by Gasteiger charge is 2.50. The van der Waals surface area contributed by atoms with Crippen molar-refractivity contribution in [2.45, 2.75) is 110 Å². The van der Waals surface area contributed by atoms with Crippen LogP contribution in [0.3, 0.4) is 0 Å². The molecule has 0 bridgehead atoms. The summed E-state index contributed by atoms with van der Waals surface area (Å²) in [6.45, 7) is 12.6.